The summed E-state index contributed by atoms with van der Waals surface area (Å²) < 4.78 is 18.5. The van der Waals surface area contributed by atoms with Crippen LogP contribution >= 0.6 is 0 Å². The SMILES string of the molecule is C.C.C.C.C.CC(C)(C)CC1(CC(C)(C)C)CCN(C(C)(C)C)CC1.CC(C)(C)CC1CC(C(C)(C)C)C(OC(C)(C)C)O1.CC(C)(C)CC1CC(C(C)(C)C)CN1C(C)(C)C.CC(C)(C)N1CCC(C(C)(C)C)(C(C)(C)C)CC1.CC1OC(CC(C)(C)C)CC1C(C)(C)C. The van der Waals surface area contributed by atoms with Crippen molar-refractivity contribution in [3.63, 3.8) is 0 Å². The second-order valence-electron chi connectivity index (χ2n) is 46.2. The zero-order chi connectivity index (χ0) is 71.5. The zero-order valence-electron chi connectivity index (χ0n) is 70.2. The number of hydrogen-bond donors (Lipinski definition) is 0. The molecule has 5 heterocycles. The first-order valence-corrected chi connectivity index (χ1v) is 37.5. The van der Waals surface area contributed by atoms with E-state index in [0.717, 1.165) is 24.8 Å². The molecular formula is C89H191N3O3. The van der Waals surface area contributed by atoms with Gasteiger partial charge in [0.1, 0.15) is 0 Å². The number of rotatable bonds is 6. The summed E-state index contributed by atoms with van der Waals surface area (Å²) in [6.45, 7) is 107. The fraction of sp³-hybridized carbons (Fsp3) is 1.00. The van der Waals surface area contributed by atoms with E-state index in [-0.39, 0.29) is 54.4 Å². The van der Waals surface area contributed by atoms with Gasteiger partial charge in [-0.25, -0.2) is 0 Å². The number of likely N-dealkylation sites (tertiary alicyclic amines) is 3. The first-order valence-electron chi connectivity index (χ1n) is 37.5. The van der Waals surface area contributed by atoms with E-state index in [2.05, 4.69) is 312 Å². The van der Waals surface area contributed by atoms with Crippen LogP contribution < -0.4 is 0 Å². The van der Waals surface area contributed by atoms with Crippen LogP contribution in [0.15, 0.2) is 0 Å². The van der Waals surface area contributed by atoms with Gasteiger partial charge in [-0.3, -0.25) is 14.7 Å². The maximum Gasteiger partial charge on any atom is 0.162 e. The average Bonchev–Trinajstić information content (AvgIpc) is 1.62. The Morgan fingerprint density at radius 1 is 0.368 bits per heavy atom. The fourth-order valence-electron chi connectivity index (χ4n) is 17.3. The molecule has 0 aromatic carbocycles. The highest BCUT2D eigenvalue weighted by atomic mass is 16.7. The standard InChI is InChI=1S/C19H39N.2C17H35N.C17H34O2.C14H28O.5CH4/c1-16(2,3)14-19(15-17(4,5)6)10-12-20(13-11-19)18(7,8)9;1-15(2,3)11-14-10-13(16(4,5)6)12-18(14)17(7,8)9;1-14(2,3)17(15(4,5)6)10-12-18(13-11-17)16(7,8)9;1-15(2,3)11-12-10-13(16(4,5)6)14(18-12)19-17(7,8)9;1-10-12(14(5,6)7)8-11(15-10)9-13(2,3)4;;;;;/h10-15H2,1-9H3;13-14H,10-12H2,1-9H3;10-13H2,1-9H3;12-14H,10-11H2,1-9H3;10-12H,8-9H2,1-7H3;5*1H4. The highest BCUT2D eigenvalue weighted by Crippen LogP contribution is 2.58. The Kier molecular flexibility index (Phi) is 39.7. The van der Waals surface area contributed by atoms with Crippen molar-refractivity contribution in [1.29, 1.82) is 0 Å². The van der Waals surface area contributed by atoms with Crippen LogP contribution in [0.3, 0.4) is 0 Å². The quantitative estimate of drug-likeness (QED) is 0.264. The van der Waals surface area contributed by atoms with E-state index < -0.39 is 0 Å². The van der Waals surface area contributed by atoms with Crippen LogP contribution in [-0.2, 0) is 14.2 Å². The zero-order valence-corrected chi connectivity index (χ0v) is 70.2. The third kappa shape index (κ3) is 37.2. The summed E-state index contributed by atoms with van der Waals surface area (Å²) in [6.07, 6.45) is 16.6. The molecule has 0 amide bonds. The van der Waals surface area contributed by atoms with Crippen LogP contribution in [0.4, 0.5) is 0 Å². The summed E-state index contributed by atoms with van der Waals surface area (Å²) in [5, 5.41) is 0. The second-order valence-corrected chi connectivity index (χ2v) is 46.2. The van der Waals surface area contributed by atoms with Crippen molar-refractivity contribution in [1.82, 2.24) is 14.7 Å². The molecule has 5 aliphatic heterocycles. The Morgan fingerprint density at radius 3 is 0.958 bits per heavy atom. The van der Waals surface area contributed by atoms with Crippen LogP contribution in [0, 0.1) is 82.7 Å². The van der Waals surface area contributed by atoms with Crippen molar-refractivity contribution >= 4 is 0 Å². The lowest BCUT2D eigenvalue weighted by atomic mass is 9.50. The summed E-state index contributed by atoms with van der Waals surface area (Å²) >= 11 is 0. The van der Waals surface area contributed by atoms with Gasteiger partial charge in [0.2, 0.25) is 0 Å². The highest BCUT2D eigenvalue weighted by molar-refractivity contribution is 5.03. The van der Waals surface area contributed by atoms with E-state index in [1.807, 2.05) is 0 Å². The van der Waals surface area contributed by atoms with Crippen LogP contribution in [0.5, 0.6) is 0 Å². The number of ether oxygens (including phenoxy) is 3. The summed E-state index contributed by atoms with van der Waals surface area (Å²) in [7, 11) is 0. The Bertz CT molecular complexity index is 2000. The van der Waals surface area contributed by atoms with Crippen LogP contribution in [-0.4, -0.2) is 100 Å². The third-order valence-corrected chi connectivity index (χ3v) is 21.4. The van der Waals surface area contributed by atoms with Crippen molar-refractivity contribution in [3.05, 3.63) is 0 Å². The fourth-order valence-corrected chi connectivity index (χ4v) is 17.3. The Morgan fingerprint density at radius 2 is 0.695 bits per heavy atom. The Balaban J connectivity index is -0.000000352. The van der Waals surface area contributed by atoms with Crippen LogP contribution in [0.25, 0.3) is 0 Å². The normalized spacial score (nSPS) is 25.5. The minimum atomic E-state index is -0.148. The smallest absolute Gasteiger partial charge is 0.162 e. The molecule has 95 heavy (non-hydrogen) atoms. The van der Waals surface area contributed by atoms with Gasteiger partial charge < -0.3 is 14.2 Å². The second kappa shape index (κ2) is 36.5. The Labute approximate surface area is 605 Å². The summed E-state index contributed by atoms with van der Waals surface area (Å²) in [5.74, 6) is 2.02. The van der Waals surface area contributed by atoms with Crippen molar-refractivity contribution in [2.24, 2.45) is 82.7 Å². The molecule has 5 saturated heterocycles. The molecule has 0 bridgehead atoms. The molecule has 5 rings (SSSR count). The molecule has 0 aromatic heterocycles. The average molecular weight is 1350 g/mol. The predicted molar refractivity (Wildman–Crippen MR) is 436 cm³/mol. The molecule has 8 unspecified atom stereocenters. The van der Waals surface area contributed by atoms with Gasteiger partial charge >= 0.3 is 0 Å². The van der Waals surface area contributed by atoms with Gasteiger partial charge in [-0.15, -0.1) is 0 Å². The van der Waals surface area contributed by atoms with Crippen molar-refractivity contribution in [2.45, 2.75) is 465 Å². The largest absolute Gasteiger partial charge is 0.375 e. The van der Waals surface area contributed by atoms with Gasteiger partial charge in [0.15, 0.2) is 6.29 Å². The van der Waals surface area contributed by atoms with E-state index in [1.165, 1.54) is 96.9 Å². The van der Waals surface area contributed by atoms with Crippen LogP contribution in [0.1, 0.15) is 412 Å². The van der Waals surface area contributed by atoms with Gasteiger partial charge in [0.05, 0.1) is 23.9 Å². The monoisotopic (exact) mass is 1350 g/mol. The first-order chi connectivity index (χ1) is 39.2. The molecule has 0 spiro atoms. The molecule has 0 N–H and O–H groups in total. The van der Waals surface area contributed by atoms with E-state index in [0.29, 0.717) is 106 Å². The molecule has 580 valence electrons. The molecule has 5 aliphatic rings. The van der Waals surface area contributed by atoms with E-state index in [4.69, 9.17) is 14.2 Å². The first kappa shape index (κ1) is 103. The Hall–Kier alpha value is -0.240. The highest BCUT2D eigenvalue weighted by Gasteiger charge is 2.53. The molecule has 0 saturated carbocycles. The lowest BCUT2D eigenvalue weighted by Crippen LogP contribution is -2.56. The number of hydrogen-bond acceptors (Lipinski definition) is 6. The molecular weight excluding hydrogens is 1160 g/mol. The summed E-state index contributed by atoms with van der Waals surface area (Å²) in [6, 6.07) is 0.759. The van der Waals surface area contributed by atoms with E-state index in [1.54, 1.807) is 0 Å². The topological polar surface area (TPSA) is 37.4 Å². The van der Waals surface area contributed by atoms with Gasteiger partial charge in [-0.2, -0.15) is 0 Å². The minimum Gasteiger partial charge on any atom is -0.375 e. The van der Waals surface area contributed by atoms with Crippen molar-refractivity contribution < 1.29 is 14.2 Å². The maximum atomic E-state index is 6.23. The molecule has 0 aliphatic carbocycles. The maximum absolute atomic E-state index is 6.23. The summed E-state index contributed by atoms with van der Waals surface area (Å²) in [4.78, 5) is 8.09. The lowest BCUT2D eigenvalue weighted by Gasteiger charge is -2.59. The third-order valence-electron chi connectivity index (χ3n) is 21.4. The molecule has 5 fully saturated rings. The predicted octanol–water partition coefficient (Wildman–Crippen LogP) is 28.1. The molecule has 0 aromatic rings. The lowest BCUT2D eigenvalue weighted by molar-refractivity contribution is -0.212. The van der Waals surface area contributed by atoms with Crippen molar-refractivity contribution in [2.75, 3.05) is 32.7 Å². The van der Waals surface area contributed by atoms with E-state index in [9.17, 15) is 0 Å². The van der Waals surface area contributed by atoms with Gasteiger partial charge in [-0.05, 0) is 270 Å². The molecule has 6 heteroatoms. The van der Waals surface area contributed by atoms with Crippen LogP contribution in [0.2, 0.25) is 0 Å². The van der Waals surface area contributed by atoms with E-state index >= 15 is 0 Å². The van der Waals surface area contributed by atoms with Gasteiger partial charge in [-0.1, -0.05) is 245 Å². The van der Waals surface area contributed by atoms with Crippen molar-refractivity contribution in [3.8, 4) is 0 Å². The van der Waals surface area contributed by atoms with Gasteiger partial charge in [0.25, 0.3) is 0 Å². The number of piperidine rings is 2. The summed E-state index contributed by atoms with van der Waals surface area (Å²) in [5.41, 5.74) is 5.64. The van der Waals surface area contributed by atoms with Gasteiger partial charge in [0, 0.05) is 35.1 Å². The molecule has 8 atom stereocenters. The minimum absolute atomic E-state index is 0. The molecule has 0 radical (unpaired) electrons. The number of nitrogens with zero attached hydrogens (tertiary/aromatic N) is 3. The molecule has 6 nitrogen and oxygen atoms in total.